The number of halogens is 1. The van der Waals surface area contributed by atoms with Crippen molar-refractivity contribution in [1.29, 1.82) is 0 Å². The Labute approximate surface area is 165 Å². The molecule has 1 N–H and O–H groups in total. The molecule has 0 fully saturated rings. The zero-order chi connectivity index (χ0) is 18.4. The van der Waals surface area contributed by atoms with E-state index < -0.39 is 0 Å². The largest absolute Gasteiger partial charge is 0.425 e. The lowest BCUT2D eigenvalue weighted by molar-refractivity contribution is 0.447. The van der Waals surface area contributed by atoms with Crippen molar-refractivity contribution in [2.45, 2.75) is 0 Å². The lowest BCUT2D eigenvalue weighted by atomic mass is 10.2. The Morgan fingerprint density at radius 2 is 1.93 bits per heavy atom. The molecule has 0 bridgehead atoms. The average molecular weight is 439 g/mol. The highest BCUT2D eigenvalue weighted by atomic mass is 79.9. The number of fused-ring (bicyclic) bond motifs is 2. The number of benzene rings is 2. The Kier molecular flexibility index (Phi) is 3.80. The molecule has 0 radical (unpaired) electrons. The van der Waals surface area contributed by atoms with Gasteiger partial charge in [-0.15, -0.1) is 11.3 Å². The van der Waals surface area contributed by atoms with Crippen LogP contribution in [0.25, 0.3) is 26.8 Å². The van der Waals surface area contributed by atoms with E-state index in [9.17, 15) is 4.79 Å². The fraction of sp³-hybridized carbons (Fsp3) is 0. The Balaban J connectivity index is 1.64. The molecule has 0 aliphatic heterocycles. The van der Waals surface area contributed by atoms with E-state index in [0.717, 1.165) is 19.6 Å². The molecule has 8 heteroatoms. The highest BCUT2D eigenvalue weighted by Gasteiger charge is 2.14. The van der Waals surface area contributed by atoms with Crippen molar-refractivity contribution < 1.29 is 4.74 Å². The van der Waals surface area contributed by atoms with E-state index in [1.54, 1.807) is 16.0 Å². The molecule has 3 heterocycles. The fourth-order valence-corrected chi connectivity index (χ4v) is 4.46. The van der Waals surface area contributed by atoms with Crippen molar-refractivity contribution >= 4 is 48.4 Å². The Morgan fingerprint density at radius 3 is 2.78 bits per heavy atom. The summed E-state index contributed by atoms with van der Waals surface area (Å²) in [6, 6.07) is 17.4. The number of para-hydroxylation sites is 1. The van der Waals surface area contributed by atoms with Crippen molar-refractivity contribution in [3.63, 3.8) is 0 Å². The van der Waals surface area contributed by atoms with E-state index in [1.807, 2.05) is 54.6 Å². The molecule has 2 aromatic carbocycles. The molecule has 0 atom stereocenters. The molecule has 0 saturated heterocycles. The van der Waals surface area contributed by atoms with Gasteiger partial charge in [0.25, 0.3) is 5.56 Å². The first kappa shape index (κ1) is 16.2. The Bertz CT molecular complexity index is 1340. The number of H-pyrrole nitrogens is 1. The maximum Gasteiger partial charge on any atom is 0.304 e. The van der Waals surface area contributed by atoms with Gasteiger partial charge < -0.3 is 4.74 Å². The van der Waals surface area contributed by atoms with E-state index >= 15 is 0 Å². The average Bonchev–Trinajstić information content (AvgIpc) is 3.26. The Morgan fingerprint density at radius 1 is 1.07 bits per heavy atom. The Hall–Kier alpha value is -2.97. The van der Waals surface area contributed by atoms with Crippen LogP contribution in [0.2, 0.25) is 0 Å². The van der Waals surface area contributed by atoms with Crippen molar-refractivity contribution in [2.24, 2.45) is 0 Å². The summed E-state index contributed by atoms with van der Waals surface area (Å²) in [6.07, 6.45) is 1.51. The number of aromatic nitrogens is 4. The maximum atomic E-state index is 12.5. The van der Waals surface area contributed by atoms with Crippen molar-refractivity contribution in [3.05, 3.63) is 74.9 Å². The molecule has 6 nitrogen and oxygen atoms in total. The maximum absolute atomic E-state index is 12.5. The lowest BCUT2D eigenvalue weighted by Crippen LogP contribution is -2.10. The van der Waals surface area contributed by atoms with E-state index in [-0.39, 0.29) is 11.6 Å². The quantitative estimate of drug-likeness (QED) is 0.435. The number of ether oxygens (including phenoxy) is 1. The minimum atomic E-state index is -0.296. The minimum absolute atomic E-state index is 0.125. The smallest absolute Gasteiger partial charge is 0.304 e. The summed E-state index contributed by atoms with van der Waals surface area (Å²) in [6.45, 7) is 0. The van der Waals surface area contributed by atoms with E-state index in [4.69, 9.17) is 4.74 Å². The van der Waals surface area contributed by atoms with Crippen LogP contribution < -0.4 is 10.3 Å². The van der Waals surface area contributed by atoms with Gasteiger partial charge in [-0.05, 0) is 46.3 Å². The summed E-state index contributed by atoms with van der Waals surface area (Å²) in [5, 5.41) is 5.66. The van der Waals surface area contributed by atoms with Crippen LogP contribution in [0.1, 0.15) is 0 Å². The lowest BCUT2D eigenvalue weighted by Gasteiger charge is -2.07. The topological polar surface area (TPSA) is 72.8 Å². The molecule has 0 aliphatic carbocycles. The number of rotatable bonds is 3. The van der Waals surface area contributed by atoms with Crippen LogP contribution in [-0.4, -0.2) is 19.7 Å². The summed E-state index contributed by atoms with van der Waals surface area (Å²) < 4.78 is 9.64. The highest BCUT2D eigenvalue weighted by Crippen LogP contribution is 2.36. The highest BCUT2D eigenvalue weighted by molar-refractivity contribution is 9.11. The zero-order valence-corrected chi connectivity index (χ0v) is 16.1. The standard InChI is InChI=1S/C19H11BrN4O2S/c20-16-9-12-14(7-4-8-15(12)27-16)26-19-22-17-13(18(25)23-19)10-21-24(17)11-5-2-1-3-6-11/h1-10H,(H,22,23,25). The second-order valence-corrected chi connectivity index (χ2v) is 8.28. The SMILES string of the molecule is O=c1[nH]c(Oc2cccc3sc(Br)cc23)nc2c1cnn2-c1ccccc1. The second kappa shape index (κ2) is 6.33. The second-order valence-electron chi connectivity index (χ2n) is 5.82. The molecule has 0 spiro atoms. The molecule has 0 saturated carbocycles. The summed E-state index contributed by atoms with van der Waals surface area (Å²) >= 11 is 5.11. The van der Waals surface area contributed by atoms with Crippen molar-refractivity contribution in [3.8, 4) is 17.4 Å². The third-order valence-electron chi connectivity index (χ3n) is 4.12. The number of aromatic amines is 1. The first-order valence-corrected chi connectivity index (χ1v) is 9.69. The van der Waals surface area contributed by atoms with Gasteiger partial charge in [0.05, 0.1) is 15.7 Å². The van der Waals surface area contributed by atoms with Crippen LogP contribution in [0.3, 0.4) is 0 Å². The number of nitrogens with one attached hydrogen (secondary N) is 1. The fourth-order valence-electron chi connectivity index (χ4n) is 2.90. The predicted octanol–water partition coefficient (Wildman–Crippen LogP) is 4.88. The van der Waals surface area contributed by atoms with E-state index in [1.165, 1.54) is 6.20 Å². The monoisotopic (exact) mass is 438 g/mol. The van der Waals surface area contributed by atoms with Crippen LogP contribution in [-0.2, 0) is 0 Å². The predicted molar refractivity (Wildman–Crippen MR) is 109 cm³/mol. The molecule has 5 rings (SSSR count). The number of hydrogen-bond donors (Lipinski definition) is 1. The number of nitrogens with zero attached hydrogens (tertiary/aromatic N) is 3. The zero-order valence-electron chi connectivity index (χ0n) is 13.7. The molecule has 0 unspecified atom stereocenters. The van der Waals surface area contributed by atoms with Crippen molar-refractivity contribution in [2.75, 3.05) is 0 Å². The summed E-state index contributed by atoms with van der Waals surface area (Å²) in [5.74, 6) is 0.628. The first-order chi connectivity index (χ1) is 13.2. The van der Waals surface area contributed by atoms with Crippen LogP contribution >= 0.6 is 27.3 Å². The van der Waals surface area contributed by atoms with E-state index in [2.05, 4.69) is 31.0 Å². The summed E-state index contributed by atoms with van der Waals surface area (Å²) in [4.78, 5) is 19.6. The van der Waals surface area contributed by atoms with Crippen LogP contribution in [0, 0.1) is 0 Å². The van der Waals surface area contributed by atoms with Gasteiger partial charge in [-0.1, -0.05) is 24.3 Å². The van der Waals surface area contributed by atoms with Crippen LogP contribution in [0.4, 0.5) is 0 Å². The molecule has 0 aliphatic rings. The van der Waals surface area contributed by atoms with Gasteiger partial charge >= 0.3 is 6.01 Å². The third kappa shape index (κ3) is 2.83. The molecule has 27 heavy (non-hydrogen) atoms. The molecular weight excluding hydrogens is 428 g/mol. The van der Waals surface area contributed by atoms with Gasteiger partial charge in [0.1, 0.15) is 11.1 Å². The van der Waals surface area contributed by atoms with Gasteiger partial charge in [0.2, 0.25) is 0 Å². The van der Waals surface area contributed by atoms with Gasteiger partial charge in [0.15, 0.2) is 5.65 Å². The third-order valence-corrected chi connectivity index (χ3v) is 5.72. The van der Waals surface area contributed by atoms with Gasteiger partial charge in [-0.25, -0.2) is 4.68 Å². The van der Waals surface area contributed by atoms with Gasteiger partial charge in [-0.3, -0.25) is 9.78 Å². The van der Waals surface area contributed by atoms with Crippen molar-refractivity contribution in [1.82, 2.24) is 19.7 Å². The van der Waals surface area contributed by atoms with E-state index in [0.29, 0.717) is 16.8 Å². The molecule has 132 valence electrons. The van der Waals surface area contributed by atoms with Gasteiger partial charge in [-0.2, -0.15) is 10.1 Å². The first-order valence-electron chi connectivity index (χ1n) is 8.08. The van der Waals surface area contributed by atoms with Crippen LogP contribution in [0.15, 0.2) is 69.4 Å². The molecule has 3 aromatic heterocycles. The molecule has 5 aromatic rings. The normalized spacial score (nSPS) is 11.3. The minimum Gasteiger partial charge on any atom is -0.425 e. The number of thiophene rings is 1. The van der Waals surface area contributed by atoms with Crippen LogP contribution in [0.5, 0.6) is 11.8 Å². The van der Waals surface area contributed by atoms with Gasteiger partial charge in [0, 0.05) is 10.1 Å². The summed E-state index contributed by atoms with van der Waals surface area (Å²) in [7, 11) is 0. The molecule has 0 amide bonds. The summed E-state index contributed by atoms with van der Waals surface area (Å²) in [5.41, 5.74) is 0.967. The molecular formula is C19H11BrN4O2S. The number of hydrogen-bond acceptors (Lipinski definition) is 5.